The molecule has 0 aliphatic carbocycles. The highest BCUT2D eigenvalue weighted by Gasteiger charge is 2.33. The molecule has 1 aromatic carbocycles. The highest BCUT2D eigenvalue weighted by molar-refractivity contribution is 6.32. The predicted molar refractivity (Wildman–Crippen MR) is 90.8 cm³/mol. The lowest BCUT2D eigenvalue weighted by molar-refractivity contribution is -0.128. The lowest BCUT2D eigenvalue weighted by Crippen LogP contribution is -2.29. The van der Waals surface area contributed by atoms with Crippen LogP contribution in [0.25, 0.3) is 0 Å². The molecule has 1 atom stereocenters. The van der Waals surface area contributed by atoms with Crippen molar-refractivity contribution < 1.29 is 14.3 Å². The van der Waals surface area contributed by atoms with Crippen molar-refractivity contribution >= 4 is 29.1 Å². The Morgan fingerprint density at radius 2 is 2.22 bits per heavy atom. The number of rotatable bonds is 7. The molecule has 2 rings (SSSR count). The number of methoxy groups -OCH3 is 1. The van der Waals surface area contributed by atoms with Gasteiger partial charge in [-0.2, -0.15) is 0 Å². The smallest absolute Gasteiger partial charge is 0.229 e. The van der Waals surface area contributed by atoms with E-state index < -0.39 is 0 Å². The third-order valence-electron chi connectivity index (χ3n) is 4.04. The summed E-state index contributed by atoms with van der Waals surface area (Å²) >= 11 is 6.05. The van der Waals surface area contributed by atoms with Crippen molar-refractivity contribution in [1.82, 2.24) is 4.90 Å². The number of amides is 2. The fraction of sp³-hybridized carbons (Fsp3) is 0.529. The second kappa shape index (κ2) is 8.20. The zero-order chi connectivity index (χ0) is 16.8. The molecule has 1 unspecified atom stereocenters. The van der Waals surface area contributed by atoms with Gasteiger partial charge >= 0.3 is 0 Å². The van der Waals surface area contributed by atoms with Gasteiger partial charge in [0.2, 0.25) is 11.8 Å². The number of hydrogen-bond donors (Lipinski definition) is 1. The van der Waals surface area contributed by atoms with E-state index in [4.69, 9.17) is 16.3 Å². The van der Waals surface area contributed by atoms with E-state index in [2.05, 4.69) is 12.2 Å². The average molecular weight is 339 g/mol. The molecule has 5 nitrogen and oxygen atoms in total. The van der Waals surface area contributed by atoms with Crippen molar-refractivity contribution in [3.05, 3.63) is 23.2 Å². The summed E-state index contributed by atoms with van der Waals surface area (Å²) in [7, 11) is 1.54. The highest BCUT2D eigenvalue weighted by Crippen LogP contribution is 2.28. The maximum Gasteiger partial charge on any atom is 0.229 e. The molecule has 1 saturated heterocycles. The number of unbranched alkanes of at least 4 members (excludes halogenated alkanes) is 2. The van der Waals surface area contributed by atoms with Crippen LogP contribution in [0, 0.1) is 5.92 Å². The van der Waals surface area contributed by atoms with Crippen molar-refractivity contribution in [2.24, 2.45) is 5.92 Å². The number of ether oxygens (including phenoxy) is 1. The first-order chi connectivity index (χ1) is 11.0. The molecule has 2 amide bonds. The van der Waals surface area contributed by atoms with E-state index in [1.165, 1.54) is 7.11 Å². The van der Waals surface area contributed by atoms with Crippen molar-refractivity contribution in [1.29, 1.82) is 0 Å². The second-order valence-corrected chi connectivity index (χ2v) is 6.19. The SMILES string of the molecule is CCCCCN1CC(C(=O)Nc2ccc(OC)c(Cl)c2)CC1=O. The standard InChI is InChI=1S/C17H23ClN2O3/c1-3-4-5-8-20-11-12(9-16(20)21)17(22)19-13-6-7-15(23-2)14(18)10-13/h6-7,10,12H,3-5,8-9,11H2,1-2H3,(H,19,22). The molecule has 23 heavy (non-hydrogen) atoms. The number of benzene rings is 1. The maximum atomic E-state index is 12.3. The topological polar surface area (TPSA) is 58.6 Å². The molecule has 1 heterocycles. The number of likely N-dealkylation sites (tertiary alicyclic amines) is 1. The Hall–Kier alpha value is -1.75. The van der Waals surface area contributed by atoms with Crippen molar-refractivity contribution in [2.75, 3.05) is 25.5 Å². The molecule has 0 bridgehead atoms. The van der Waals surface area contributed by atoms with Gasteiger partial charge in [0.25, 0.3) is 0 Å². The number of nitrogens with zero attached hydrogens (tertiary/aromatic N) is 1. The summed E-state index contributed by atoms with van der Waals surface area (Å²) in [6.45, 7) is 3.37. The van der Waals surface area contributed by atoms with Crippen LogP contribution < -0.4 is 10.1 Å². The van der Waals surface area contributed by atoms with Crippen LogP contribution in [0.2, 0.25) is 5.02 Å². The molecular formula is C17H23ClN2O3. The first kappa shape index (κ1) is 17.6. The number of anilines is 1. The van der Waals surface area contributed by atoms with Gasteiger partial charge in [-0.25, -0.2) is 0 Å². The molecule has 1 aliphatic rings. The maximum absolute atomic E-state index is 12.3. The van der Waals surface area contributed by atoms with E-state index in [1.54, 1.807) is 23.1 Å². The monoisotopic (exact) mass is 338 g/mol. The fourth-order valence-corrected chi connectivity index (χ4v) is 2.96. The van der Waals surface area contributed by atoms with E-state index in [0.717, 1.165) is 25.8 Å². The van der Waals surface area contributed by atoms with Crippen LogP contribution in [0.4, 0.5) is 5.69 Å². The van der Waals surface area contributed by atoms with Gasteiger partial charge in [0.1, 0.15) is 5.75 Å². The quantitative estimate of drug-likeness (QED) is 0.776. The van der Waals surface area contributed by atoms with Gasteiger partial charge in [0.05, 0.1) is 18.1 Å². The van der Waals surface area contributed by atoms with Gasteiger partial charge in [0, 0.05) is 25.2 Å². The van der Waals surface area contributed by atoms with Crippen molar-refractivity contribution in [2.45, 2.75) is 32.6 Å². The summed E-state index contributed by atoms with van der Waals surface area (Å²) < 4.78 is 5.08. The molecule has 126 valence electrons. The molecule has 1 aromatic rings. The second-order valence-electron chi connectivity index (χ2n) is 5.79. The zero-order valence-corrected chi connectivity index (χ0v) is 14.4. The van der Waals surface area contributed by atoms with Gasteiger partial charge in [-0.3, -0.25) is 9.59 Å². The first-order valence-corrected chi connectivity index (χ1v) is 8.35. The Labute approximate surface area is 141 Å². The third-order valence-corrected chi connectivity index (χ3v) is 4.33. The summed E-state index contributed by atoms with van der Waals surface area (Å²) in [5, 5.41) is 3.27. The van der Waals surface area contributed by atoms with E-state index >= 15 is 0 Å². The molecule has 0 spiro atoms. The number of hydrogen-bond acceptors (Lipinski definition) is 3. The Morgan fingerprint density at radius 3 is 2.87 bits per heavy atom. The number of carbonyl (C=O) groups is 2. The van der Waals surface area contributed by atoms with Gasteiger partial charge < -0.3 is 15.0 Å². The van der Waals surface area contributed by atoms with Crippen LogP contribution in [0.15, 0.2) is 18.2 Å². The largest absolute Gasteiger partial charge is 0.495 e. The molecule has 1 N–H and O–H groups in total. The highest BCUT2D eigenvalue weighted by atomic mass is 35.5. The summed E-state index contributed by atoms with van der Waals surface area (Å²) in [5.41, 5.74) is 0.609. The number of carbonyl (C=O) groups excluding carboxylic acids is 2. The molecule has 0 aromatic heterocycles. The normalized spacial score (nSPS) is 17.4. The van der Waals surface area contributed by atoms with E-state index in [-0.39, 0.29) is 24.2 Å². The molecule has 1 fully saturated rings. The van der Waals surface area contributed by atoms with E-state index in [0.29, 0.717) is 23.0 Å². The molecule has 1 aliphatic heterocycles. The Balaban J connectivity index is 1.91. The summed E-state index contributed by atoms with van der Waals surface area (Å²) in [4.78, 5) is 26.1. The van der Waals surface area contributed by atoms with Crippen LogP contribution in [-0.2, 0) is 9.59 Å². The van der Waals surface area contributed by atoms with E-state index in [1.807, 2.05) is 0 Å². The minimum absolute atomic E-state index is 0.0639. The predicted octanol–water partition coefficient (Wildman–Crippen LogP) is 3.33. The van der Waals surface area contributed by atoms with Crippen LogP contribution in [0.5, 0.6) is 5.75 Å². The Bertz CT molecular complexity index is 577. The number of halogens is 1. The van der Waals surface area contributed by atoms with Crippen molar-refractivity contribution in [3.63, 3.8) is 0 Å². The first-order valence-electron chi connectivity index (χ1n) is 7.97. The minimum atomic E-state index is -0.301. The third kappa shape index (κ3) is 4.61. The molecular weight excluding hydrogens is 316 g/mol. The van der Waals surface area contributed by atoms with Gasteiger partial charge in [-0.15, -0.1) is 0 Å². The lowest BCUT2D eigenvalue weighted by Gasteiger charge is -2.16. The van der Waals surface area contributed by atoms with Crippen LogP contribution in [0.1, 0.15) is 32.6 Å². The molecule has 0 saturated carbocycles. The molecule has 0 radical (unpaired) electrons. The zero-order valence-electron chi connectivity index (χ0n) is 13.6. The van der Waals surface area contributed by atoms with Gasteiger partial charge in [-0.1, -0.05) is 31.4 Å². The van der Waals surface area contributed by atoms with E-state index in [9.17, 15) is 9.59 Å². The van der Waals surface area contributed by atoms with Crippen molar-refractivity contribution in [3.8, 4) is 5.75 Å². The summed E-state index contributed by atoms with van der Waals surface area (Å²) in [6, 6.07) is 5.08. The average Bonchev–Trinajstić information content (AvgIpc) is 2.89. The minimum Gasteiger partial charge on any atom is -0.495 e. The molecule has 6 heteroatoms. The Kier molecular flexibility index (Phi) is 6.28. The van der Waals surface area contributed by atoms with Crippen LogP contribution >= 0.6 is 11.6 Å². The fourth-order valence-electron chi connectivity index (χ4n) is 2.71. The van der Waals surface area contributed by atoms with Gasteiger partial charge in [-0.05, 0) is 24.6 Å². The summed E-state index contributed by atoms with van der Waals surface area (Å²) in [5.74, 6) is 0.180. The number of nitrogens with one attached hydrogen (secondary N) is 1. The van der Waals surface area contributed by atoms with Gasteiger partial charge in [0.15, 0.2) is 0 Å². The lowest BCUT2D eigenvalue weighted by atomic mass is 10.1. The Morgan fingerprint density at radius 1 is 1.43 bits per heavy atom. The van der Waals surface area contributed by atoms with Crippen LogP contribution in [-0.4, -0.2) is 36.9 Å². The summed E-state index contributed by atoms with van der Waals surface area (Å²) in [6.07, 6.45) is 3.49. The van der Waals surface area contributed by atoms with Crippen LogP contribution in [0.3, 0.4) is 0 Å².